The van der Waals surface area contributed by atoms with Crippen molar-refractivity contribution in [1.82, 2.24) is 9.78 Å². The molecule has 1 N–H and O–H groups in total. The molecule has 1 aliphatic rings. The predicted molar refractivity (Wildman–Crippen MR) is 80.8 cm³/mol. The summed E-state index contributed by atoms with van der Waals surface area (Å²) in [7, 11) is 1.88. The van der Waals surface area contributed by atoms with Gasteiger partial charge in [0.15, 0.2) is 0 Å². The molecule has 0 radical (unpaired) electrons. The molecule has 1 fully saturated rings. The van der Waals surface area contributed by atoms with Crippen LogP contribution in [0.1, 0.15) is 18.3 Å². The first-order valence-corrected chi connectivity index (χ1v) is 8.57. The fraction of sp³-hybridized carbons (Fsp3) is 0.750. The van der Waals surface area contributed by atoms with Gasteiger partial charge in [-0.05, 0) is 6.92 Å². The Labute approximate surface area is 122 Å². The number of nitrogens with zero attached hydrogens (tertiary/aromatic N) is 2. The van der Waals surface area contributed by atoms with E-state index >= 15 is 0 Å². The summed E-state index contributed by atoms with van der Waals surface area (Å²) in [5.74, 6) is 2.30. The van der Waals surface area contributed by atoms with Crippen molar-refractivity contribution in [2.24, 2.45) is 7.05 Å². The van der Waals surface area contributed by atoms with E-state index in [0.29, 0.717) is 16.7 Å². The molecule has 3 nitrogen and oxygen atoms in total. The maximum atomic E-state index is 10.4. The lowest BCUT2D eigenvalue weighted by molar-refractivity contribution is 0.169. The van der Waals surface area contributed by atoms with Gasteiger partial charge in [-0.2, -0.15) is 28.6 Å². The Morgan fingerprint density at radius 2 is 2.17 bits per heavy atom. The third kappa shape index (κ3) is 3.00. The second kappa shape index (κ2) is 6.07. The van der Waals surface area contributed by atoms with Crippen molar-refractivity contribution in [2.75, 3.05) is 11.5 Å². The number of aryl methyl sites for hydroxylation is 2. The third-order valence-electron chi connectivity index (χ3n) is 3.28. The van der Waals surface area contributed by atoms with E-state index in [0.717, 1.165) is 17.1 Å². The van der Waals surface area contributed by atoms with Crippen molar-refractivity contribution in [3.63, 3.8) is 0 Å². The highest BCUT2D eigenvalue weighted by Gasteiger charge is 2.30. The minimum absolute atomic E-state index is 0.287. The number of aliphatic hydroxyl groups excluding tert-OH is 1. The van der Waals surface area contributed by atoms with Gasteiger partial charge in [0.25, 0.3) is 0 Å². The first-order valence-electron chi connectivity index (χ1n) is 6.10. The molecule has 0 aliphatic carbocycles. The highest BCUT2D eigenvalue weighted by atomic mass is 35.5. The van der Waals surface area contributed by atoms with Crippen LogP contribution in [0.15, 0.2) is 0 Å². The number of halogens is 1. The fourth-order valence-electron chi connectivity index (χ4n) is 2.29. The van der Waals surface area contributed by atoms with Crippen LogP contribution in [0.2, 0.25) is 5.02 Å². The second-order valence-corrected chi connectivity index (χ2v) is 7.80. The summed E-state index contributed by atoms with van der Waals surface area (Å²) in [6.45, 7) is 4.09. The highest BCUT2D eigenvalue weighted by Crippen LogP contribution is 2.34. The summed E-state index contributed by atoms with van der Waals surface area (Å²) in [4.78, 5) is 0. The molecule has 1 saturated heterocycles. The van der Waals surface area contributed by atoms with Crippen LogP contribution in [0.3, 0.4) is 0 Å². The third-order valence-corrected chi connectivity index (χ3v) is 7.01. The topological polar surface area (TPSA) is 38.0 Å². The summed E-state index contributed by atoms with van der Waals surface area (Å²) < 4.78 is 1.78. The molecular formula is C12H19ClN2OS2. The highest BCUT2D eigenvalue weighted by molar-refractivity contribution is 8.07. The zero-order valence-corrected chi connectivity index (χ0v) is 13.3. The zero-order valence-electron chi connectivity index (χ0n) is 10.9. The van der Waals surface area contributed by atoms with Crippen LogP contribution in [-0.2, 0) is 13.5 Å². The van der Waals surface area contributed by atoms with Gasteiger partial charge in [-0.15, -0.1) is 0 Å². The summed E-state index contributed by atoms with van der Waals surface area (Å²) in [6, 6.07) is 0. The van der Waals surface area contributed by atoms with Crippen molar-refractivity contribution in [2.45, 2.75) is 36.9 Å². The quantitative estimate of drug-likeness (QED) is 0.931. The normalized spacial score (nSPS) is 26.3. The first-order chi connectivity index (χ1) is 8.50. The van der Waals surface area contributed by atoms with Gasteiger partial charge in [0.2, 0.25) is 0 Å². The number of aromatic nitrogens is 2. The molecule has 6 heteroatoms. The maximum absolute atomic E-state index is 10.4. The van der Waals surface area contributed by atoms with Crippen LogP contribution in [0.4, 0.5) is 0 Å². The maximum Gasteiger partial charge on any atom is 0.0847 e. The minimum Gasteiger partial charge on any atom is -0.392 e. The minimum atomic E-state index is -0.356. The summed E-state index contributed by atoms with van der Waals surface area (Å²) in [6.07, 6.45) is 0.226. The van der Waals surface area contributed by atoms with Crippen LogP contribution in [0.25, 0.3) is 0 Å². The van der Waals surface area contributed by atoms with E-state index < -0.39 is 0 Å². The summed E-state index contributed by atoms with van der Waals surface area (Å²) >= 11 is 10.0. The van der Waals surface area contributed by atoms with Crippen molar-refractivity contribution < 1.29 is 5.11 Å². The van der Waals surface area contributed by atoms with Crippen LogP contribution in [0.5, 0.6) is 0 Å². The molecule has 18 heavy (non-hydrogen) atoms. The van der Waals surface area contributed by atoms with E-state index in [9.17, 15) is 5.11 Å². The molecule has 2 rings (SSSR count). The van der Waals surface area contributed by atoms with Gasteiger partial charge in [-0.25, -0.2) is 0 Å². The van der Waals surface area contributed by atoms with Gasteiger partial charge in [-0.3, -0.25) is 4.68 Å². The van der Waals surface area contributed by atoms with E-state index in [-0.39, 0.29) is 11.4 Å². The van der Waals surface area contributed by atoms with Gasteiger partial charge in [0, 0.05) is 35.5 Å². The number of hydrogen-bond acceptors (Lipinski definition) is 4. The molecule has 0 spiro atoms. The molecule has 0 bridgehead atoms. The Hall–Kier alpha value is 0.160. The number of hydrogen-bond donors (Lipinski definition) is 1. The van der Waals surface area contributed by atoms with E-state index in [1.807, 2.05) is 37.5 Å². The molecule has 0 aromatic carbocycles. The monoisotopic (exact) mass is 306 g/mol. The second-order valence-electron chi connectivity index (χ2n) is 4.65. The van der Waals surface area contributed by atoms with Gasteiger partial charge in [0.1, 0.15) is 0 Å². The predicted octanol–water partition coefficient (Wildman–Crippen LogP) is 2.52. The van der Waals surface area contributed by atoms with Crippen molar-refractivity contribution in [3.8, 4) is 0 Å². The average Bonchev–Trinajstić information content (AvgIpc) is 2.56. The molecule has 1 aromatic heterocycles. The molecule has 102 valence electrons. The molecule has 2 heterocycles. The smallest absolute Gasteiger partial charge is 0.0847 e. The number of rotatable bonds is 3. The van der Waals surface area contributed by atoms with Gasteiger partial charge < -0.3 is 5.11 Å². The Morgan fingerprint density at radius 1 is 1.50 bits per heavy atom. The van der Waals surface area contributed by atoms with Crippen LogP contribution < -0.4 is 0 Å². The number of aliphatic hydroxyl groups is 1. The standard InChI is InChI=1S/C12H19ClN2OS2/c1-7-11(13)9(15(3)14-7)6-10(16)12-8(2)17-4-5-18-12/h8,10,12,16H,4-6H2,1-3H3. The summed E-state index contributed by atoms with van der Waals surface area (Å²) in [5.41, 5.74) is 1.77. The molecule has 0 amide bonds. The van der Waals surface area contributed by atoms with Gasteiger partial charge >= 0.3 is 0 Å². The Bertz CT molecular complexity index is 424. The van der Waals surface area contributed by atoms with Gasteiger partial charge in [-0.1, -0.05) is 18.5 Å². The number of thioether (sulfide) groups is 2. The SMILES string of the molecule is Cc1nn(C)c(CC(O)C2SCCSC2C)c1Cl. The Kier molecular flexibility index (Phi) is 4.92. The Morgan fingerprint density at radius 3 is 2.72 bits per heavy atom. The van der Waals surface area contributed by atoms with E-state index in [1.54, 1.807) is 4.68 Å². The van der Waals surface area contributed by atoms with Gasteiger partial charge in [0.05, 0.1) is 22.5 Å². The molecule has 3 atom stereocenters. The zero-order chi connectivity index (χ0) is 13.3. The molecule has 1 aromatic rings. The van der Waals surface area contributed by atoms with Crippen LogP contribution >= 0.6 is 35.1 Å². The van der Waals surface area contributed by atoms with Crippen molar-refractivity contribution in [1.29, 1.82) is 0 Å². The fourth-order valence-corrected chi connectivity index (χ4v) is 5.37. The summed E-state index contributed by atoms with van der Waals surface area (Å²) in [5, 5.41) is 16.2. The van der Waals surface area contributed by atoms with E-state index in [1.165, 1.54) is 5.75 Å². The van der Waals surface area contributed by atoms with E-state index in [4.69, 9.17) is 11.6 Å². The first kappa shape index (κ1) is 14.6. The Balaban J connectivity index is 2.08. The molecule has 1 aliphatic heterocycles. The van der Waals surface area contributed by atoms with Crippen LogP contribution in [-0.4, -0.2) is 43.0 Å². The molecule has 0 saturated carbocycles. The largest absolute Gasteiger partial charge is 0.392 e. The lowest BCUT2D eigenvalue weighted by atomic mass is 10.1. The van der Waals surface area contributed by atoms with Crippen LogP contribution in [0, 0.1) is 6.92 Å². The molecule has 3 unspecified atom stereocenters. The van der Waals surface area contributed by atoms with Crippen molar-refractivity contribution in [3.05, 3.63) is 16.4 Å². The van der Waals surface area contributed by atoms with Crippen molar-refractivity contribution >= 4 is 35.1 Å². The van der Waals surface area contributed by atoms with E-state index in [2.05, 4.69) is 12.0 Å². The lowest BCUT2D eigenvalue weighted by Crippen LogP contribution is -2.36. The lowest BCUT2D eigenvalue weighted by Gasteiger charge is -2.31. The average molecular weight is 307 g/mol. The molecular weight excluding hydrogens is 288 g/mol.